The quantitative estimate of drug-likeness (QED) is 0.0958. The summed E-state index contributed by atoms with van der Waals surface area (Å²) >= 11 is 1.95. The van der Waals surface area contributed by atoms with E-state index in [2.05, 4.69) is 219 Å². The van der Waals surface area contributed by atoms with E-state index in [1.165, 1.54) is 148 Å². The summed E-state index contributed by atoms with van der Waals surface area (Å²) in [6.07, 6.45) is 13.2. The first-order chi connectivity index (χ1) is 33.3. The monoisotopic (exact) mass is 956 g/mol. The van der Waals surface area contributed by atoms with Gasteiger partial charge in [0.05, 0.1) is 28.5 Å². The lowest BCUT2D eigenvalue weighted by Gasteiger charge is -2.51. The zero-order valence-electron chi connectivity index (χ0n) is 45.4. The van der Waals surface area contributed by atoms with Gasteiger partial charge in [-0.3, -0.25) is 8.97 Å². The van der Waals surface area contributed by atoms with Crippen molar-refractivity contribution in [3.63, 3.8) is 0 Å². The van der Waals surface area contributed by atoms with E-state index in [1.54, 1.807) is 5.56 Å². The van der Waals surface area contributed by atoms with Crippen molar-refractivity contribution in [3.05, 3.63) is 141 Å². The third-order valence-corrected chi connectivity index (χ3v) is 20.2. The van der Waals surface area contributed by atoms with Gasteiger partial charge in [0.25, 0.3) is 0 Å². The van der Waals surface area contributed by atoms with Gasteiger partial charge in [0.15, 0.2) is 0 Å². The van der Waals surface area contributed by atoms with Gasteiger partial charge in [-0.1, -0.05) is 146 Å². The summed E-state index contributed by atoms with van der Waals surface area (Å²) in [7, 11) is 0. The molecule has 4 nitrogen and oxygen atoms in total. The van der Waals surface area contributed by atoms with Crippen molar-refractivity contribution in [3.8, 4) is 11.4 Å². The van der Waals surface area contributed by atoms with E-state index in [9.17, 15) is 0 Å². The number of fused-ring (bicyclic) bond motifs is 13. The molecule has 2 aromatic heterocycles. The smallest absolute Gasteiger partial charge is 0.238 e. The standard InChI is InChI=1S/C66H75N4S/c1-60(2,3)39-22-26-49-48(33-39)65(14)28-18-19-29-66(65,15)70(49)43-24-27-50-51(38-43)67(42-23-25-46-47(37-42)64(12,13)31-30-63(46,10)11)53-35-41(62(7,8)9)36-54-58(53)68(50)52-34-40(61(4,5)6)32-45-56-44-20-16-17-21-55(44)71-59(56)69(54)57(45)52/h16-17,20-27,32-37H,18-19,28-31,38H2,1-15H3/q+1. The fourth-order valence-corrected chi connectivity index (χ4v) is 15.6. The summed E-state index contributed by atoms with van der Waals surface area (Å²) in [5, 5.41) is 5.38. The van der Waals surface area contributed by atoms with Gasteiger partial charge in [-0.2, -0.15) is 4.57 Å². The molecule has 5 heteroatoms. The lowest BCUT2D eigenvalue weighted by molar-refractivity contribution is -0.578. The number of anilines is 1. The van der Waals surface area contributed by atoms with Crippen molar-refractivity contribution >= 4 is 70.9 Å². The molecule has 1 saturated carbocycles. The van der Waals surface area contributed by atoms with E-state index in [4.69, 9.17) is 0 Å². The minimum absolute atomic E-state index is 0.0396. The molecule has 0 saturated heterocycles. The second-order valence-corrected chi connectivity index (χ2v) is 28.5. The SMILES string of the molecule is CC(C)(C)c1ccc2c(c1)C1(C)CCCCC1(C)N2C1=CC=c2c([n+](-c3ccc4c(c3)C(C)(C)CCC4(C)C)c3cc(C(C)(C)C)cc4c3-n2c2cc(C(C)(C)C)cc3c5c6ccccc6sc5n4c32)C1. The molecule has 71 heavy (non-hydrogen) atoms. The van der Waals surface area contributed by atoms with Gasteiger partial charge in [-0.05, 0) is 136 Å². The lowest BCUT2D eigenvalue weighted by atomic mass is 9.61. The van der Waals surface area contributed by atoms with Crippen molar-refractivity contribution in [2.24, 2.45) is 0 Å². The maximum absolute atomic E-state index is 2.86. The van der Waals surface area contributed by atoms with Crippen LogP contribution in [-0.2, 0) is 38.9 Å². The largest absolute Gasteiger partial charge is 0.338 e. The number of hydrogen-bond donors (Lipinski definition) is 0. The summed E-state index contributed by atoms with van der Waals surface area (Å²) in [6, 6.07) is 34.5. The Morgan fingerprint density at radius 1 is 0.592 bits per heavy atom. The van der Waals surface area contributed by atoms with Crippen molar-refractivity contribution in [2.45, 2.75) is 187 Å². The van der Waals surface area contributed by atoms with E-state index in [0.717, 1.165) is 6.42 Å². The highest BCUT2D eigenvalue weighted by Crippen LogP contribution is 2.60. The zero-order chi connectivity index (χ0) is 49.9. The van der Waals surface area contributed by atoms with Crippen molar-refractivity contribution in [1.82, 2.24) is 8.97 Å². The predicted octanol–water partition coefficient (Wildman–Crippen LogP) is 16.4. The number of aromatic nitrogens is 3. The molecule has 1 fully saturated rings. The molecular formula is C66H75N4S+. The third-order valence-electron chi connectivity index (χ3n) is 19.1. The fraction of sp³-hybridized carbons (Fsp3) is 0.439. The number of hydrogen-bond acceptors (Lipinski definition) is 2. The van der Waals surface area contributed by atoms with Crippen LogP contribution in [0.5, 0.6) is 0 Å². The van der Waals surface area contributed by atoms with Crippen LogP contribution in [0.3, 0.4) is 0 Å². The second-order valence-electron chi connectivity index (χ2n) is 27.5. The zero-order valence-corrected chi connectivity index (χ0v) is 46.2. The molecule has 2 unspecified atom stereocenters. The average molecular weight is 956 g/mol. The Bertz CT molecular complexity index is 3840. The molecule has 0 N–H and O–H groups in total. The molecule has 13 rings (SSSR count). The summed E-state index contributed by atoms with van der Waals surface area (Å²) in [5.41, 5.74) is 20.7. The number of rotatable bonds is 2. The molecule has 6 aliphatic rings. The molecule has 5 aromatic carbocycles. The molecule has 3 aliphatic heterocycles. The van der Waals surface area contributed by atoms with E-state index in [1.807, 2.05) is 11.3 Å². The van der Waals surface area contributed by atoms with Crippen molar-refractivity contribution in [2.75, 3.05) is 4.90 Å². The van der Waals surface area contributed by atoms with E-state index >= 15 is 0 Å². The van der Waals surface area contributed by atoms with Crippen LogP contribution in [0.1, 0.15) is 181 Å². The van der Waals surface area contributed by atoms with Crippen LogP contribution in [0, 0.1) is 0 Å². The van der Waals surface area contributed by atoms with Crippen LogP contribution >= 0.6 is 11.3 Å². The molecule has 0 spiro atoms. The topological polar surface area (TPSA) is 16.5 Å². The van der Waals surface area contributed by atoms with Crippen LogP contribution in [-0.4, -0.2) is 14.5 Å². The number of thiophene rings is 1. The van der Waals surface area contributed by atoms with E-state index in [0.29, 0.717) is 0 Å². The van der Waals surface area contributed by atoms with Gasteiger partial charge in [0, 0.05) is 55.9 Å². The van der Waals surface area contributed by atoms with Gasteiger partial charge >= 0.3 is 0 Å². The van der Waals surface area contributed by atoms with Crippen LogP contribution in [0.4, 0.5) is 5.69 Å². The molecule has 7 aromatic rings. The Balaban J connectivity index is 1.21. The first-order valence-electron chi connectivity index (χ1n) is 27.0. The minimum Gasteiger partial charge on any atom is -0.338 e. The van der Waals surface area contributed by atoms with Crippen LogP contribution < -0.4 is 14.8 Å². The van der Waals surface area contributed by atoms with Gasteiger partial charge in [0.1, 0.15) is 15.9 Å². The Labute approximate surface area is 426 Å². The summed E-state index contributed by atoms with van der Waals surface area (Å²) in [6.45, 7) is 36.6. The number of nitrogens with zero attached hydrogens (tertiary/aromatic N) is 4. The fourth-order valence-electron chi connectivity index (χ4n) is 14.4. The average Bonchev–Trinajstić information content (AvgIpc) is 3.91. The summed E-state index contributed by atoms with van der Waals surface area (Å²) in [4.78, 5) is 4.20. The molecule has 5 heterocycles. The van der Waals surface area contributed by atoms with Crippen LogP contribution in [0.15, 0.2) is 96.7 Å². The van der Waals surface area contributed by atoms with E-state index in [-0.39, 0.29) is 38.0 Å². The molecular weight excluding hydrogens is 881 g/mol. The first kappa shape index (κ1) is 45.5. The third kappa shape index (κ3) is 6.11. The lowest BCUT2D eigenvalue weighted by Crippen LogP contribution is -2.57. The highest BCUT2D eigenvalue weighted by atomic mass is 32.1. The van der Waals surface area contributed by atoms with Gasteiger partial charge in [0.2, 0.25) is 16.9 Å². The van der Waals surface area contributed by atoms with Gasteiger partial charge in [-0.15, -0.1) is 11.3 Å². The molecule has 0 amide bonds. The van der Waals surface area contributed by atoms with Crippen molar-refractivity contribution < 1.29 is 4.57 Å². The second kappa shape index (κ2) is 14.2. The number of benzene rings is 5. The molecule has 3 aliphatic carbocycles. The minimum atomic E-state index is -0.102. The Morgan fingerprint density at radius 2 is 1.27 bits per heavy atom. The van der Waals surface area contributed by atoms with Crippen molar-refractivity contribution in [1.29, 1.82) is 0 Å². The maximum Gasteiger partial charge on any atom is 0.238 e. The number of allylic oxidation sites excluding steroid dienone is 2. The summed E-state index contributed by atoms with van der Waals surface area (Å²) < 4.78 is 9.52. The Kier molecular flexibility index (Phi) is 9.10. The highest BCUT2D eigenvalue weighted by molar-refractivity contribution is 7.25. The molecule has 0 bridgehead atoms. The van der Waals surface area contributed by atoms with E-state index < -0.39 is 0 Å². The Hall–Kier alpha value is -5.39. The first-order valence-corrected chi connectivity index (χ1v) is 27.8. The predicted molar refractivity (Wildman–Crippen MR) is 303 cm³/mol. The molecule has 364 valence electrons. The van der Waals surface area contributed by atoms with Crippen LogP contribution in [0.25, 0.3) is 65.2 Å². The van der Waals surface area contributed by atoms with Gasteiger partial charge in [-0.25, -0.2) is 0 Å². The van der Waals surface area contributed by atoms with Crippen LogP contribution in [0.2, 0.25) is 0 Å². The van der Waals surface area contributed by atoms with Gasteiger partial charge < -0.3 is 4.90 Å². The molecule has 2 atom stereocenters. The summed E-state index contributed by atoms with van der Waals surface area (Å²) in [5.74, 6) is 0. The highest BCUT2D eigenvalue weighted by Gasteiger charge is 2.58. The normalized spacial score (nSPS) is 22.1. The Morgan fingerprint density at radius 3 is 2.00 bits per heavy atom. The molecule has 0 radical (unpaired) electrons. The maximum atomic E-state index is 2.86.